The number of carbonyl (C=O) groups excluding carboxylic acids is 3. The fourth-order valence-electron chi connectivity index (χ4n) is 3.48. The highest BCUT2D eigenvalue weighted by molar-refractivity contribution is 7.89. The van der Waals surface area contributed by atoms with E-state index >= 15 is 0 Å². The fraction of sp³-hybridized carbons (Fsp3) is 0.286. The summed E-state index contributed by atoms with van der Waals surface area (Å²) >= 11 is 6.15. The number of hydrogen-bond acceptors (Lipinski definition) is 5. The standard InChI is InChI=1S/C21H24ClN5O5S/c22-17-9-2-1-8-16(17)18(24-21(23)30)13-19(28)25-26-20(29)14-6-5-7-15(12-14)33(31,32)27-10-3-4-11-27/h1-2,5-9,12,18H,3-4,10-11,13H2,(H,25,28)(H,26,29)(H3,23,24,30). The van der Waals surface area contributed by atoms with Crippen molar-refractivity contribution in [2.45, 2.75) is 30.2 Å². The third kappa shape index (κ3) is 6.21. The number of urea groups is 1. The maximum Gasteiger partial charge on any atom is 0.312 e. The normalized spacial score (nSPS) is 14.9. The topological polar surface area (TPSA) is 151 Å². The van der Waals surface area contributed by atoms with Crippen LogP contribution < -0.4 is 21.9 Å². The van der Waals surface area contributed by atoms with E-state index in [1.807, 2.05) is 0 Å². The van der Waals surface area contributed by atoms with Crippen molar-refractivity contribution >= 4 is 39.5 Å². The molecule has 10 nitrogen and oxygen atoms in total. The minimum absolute atomic E-state index is 0.00724. The molecule has 3 rings (SSSR count). The average Bonchev–Trinajstić information content (AvgIpc) is 3.33. The van der Waals surface area contributed by atoms with Crippen molar-refractivity contribution in [2.75, 3.05) is 13.1 Å². The average molecular weight is 494 g/mol. The van der Waals surface area contributed by atoms with E-state index < -0.39 is 33.9 Å². The second-order valence-electron chi connectivity index (χ2n) is 7.43. The lowest BCUT2D eigenvalue weighted by Gasteiger charge is -2.19. The Balaban J connectivity index is 1.64. The first-order valence-corrected chi connectivity index (χ1v) is 12.0. The number of halogens is 1. The molecule has 2 aromatic carbocycles. The van der Waals surface area contributed by atoms with E-state index in [1.165, 1.54) is 28.6 Å². The number of nitrogens with two attached hydrogens (primary N) is 1. The van der Waals surface area contributed by atoms with Crippen LogP contribution in [-0.4, -0.2) is 43.7 Å². The number of nitrogens with one attached hydrogen (secondary N) is 3. The molecule has 176 valence electrons. The quantitative estimate of drug-likeness (QED) is 0.433. The summed E-state index contributed by atoms with van der Waals surface area (Å²) in [6.07, 6.45) is 1.34. The van der Waals surface area contributed by atoms with Crippen molar-refractivity contribution in [3.05, 3.63) is 64.7 Å². The molecular formula is C21H24ClN5O5S. The van der Waals surface area contributed by atoms with Crippen LogP contribution >= 0.6 is 11.6 Å². The Morgan fingerprint density at radius 2 is 1.73 bits per heavy atom. The SMILES string of the molecule is NC(=O)NC(CC(=O)NNC(=O)c1cccc(S(=O)(=O)N2CCCC2)c1)c1ccccc1Cl. The highest BCUT2D eigenvalue weighted by Crippen LogP contribution is 2.25. The molecule has 0 saturated carbocycles. The molecular weight excluding hydrogens is 470 g/mol. The molecule has 1 atom stereocenters. The first-order chi connectivity index (χ1) is 15.7. The van der Waals surface area contributed by atoms with Gasteiger partial charge in [0.05, 0.1) is 17.4 Å². The zero-order chi connectivity index (χ0) is 24.0. The Hall–Kier alpha value is -3.15. The molecule has 33 heavy (non-hydrogen) atoms. The lowest BCUT2D eigenvalue weighted by Crippen LogP contribution is -2.44. The van der Waals surface area contributed by atoms with E-state index in [9.17, 15) is 22.8 Å². The molecule has 1 aliphatic heterocycles. The predicted octanol–water partition coefficient (Wildman–Crippen LogP) is 1.69. The van der Waals surface area contributed by atoms with Crippen molar-refractivity contribution in [3.63, 3.8) is 0 Å². The molecule has 4 amide bonds. The van der Waals surface area contributed by atoms with Gasteiger partial charge in [0.2, 0.25) is 15.9 Å². The number of carbonyl (C=O) groups is 3. The highest BCUT2D eigenvalue weighted by atomic mass is 35.5. The lowest BCUT2D eigenvalue weighted by molar-refractivity contribution is -0.122. The van der Waals surface area contributed by atoms with E-state index in [0.717, 1.165) is 12.8 Å². The lowest BCUT2D eigenvalue weighted by atomic mass is 10.0. The smallest absolute Gasteiger partial charge is 0.312 e. The molecule has 12 heteroatoms. The molecule has 1 aliphatic rings. The first kappa shape index (κ1) is 24.5. The van der Waals surface area contributed by atoms with Crippen LogP contribution in [0.25, 0.3) is 0 Å². The summed E-state index contributed by atoms with van der Waals surface area (Å²) in [5, 5.41) is 2.78. The summed E-state index contributed by atoms with van der Waals surface area (Å²) in [5.41, 5.74) is 10.3. The van der Waals surface area contributed by atoms with Gasteiger partial charge in [-0.3, -0.25) is 20.4 Å². The van der Waals surface area contributed by atoms with E-state index in [2.05, 4.69) is 16.2 Å². The Morgan fingerprint density at radius 3 is 2.39 bits per heavy atom. The van der Waals surface area contributed by atoms with Crippen LogP contribution in [0.15, 0.2) is 53.4 Å². The van der Waals surface area contributed by atoms with Crippen LogP contribution in [0.3, 0.4) is 0 Å². The van der Waals surface area contributed by atoms with Crippen LogP contribution in [0.2, 0.25) is 5.02 Å². The van der Waals surface area contributed by atoms with Gasteiger partial charge >= 0.3 is 6.03 Å². The van der Waals surface area contributed by atoms with Gasteiger partial charge in [0.25, 0.3) is 5.91 Å². The first-order valence-electron chi connectivity index (χ1n) is 10.2. The van der Waals surface area contributed by atoms with Crippen LogP contribution in [-0.2, 0) is 14.8 Å². The summed E-state index contributed by atoms with van der Waals surface area (Å²) in [4.78, 5) is 36.2. The molecule has 0 aliphatic carbocycles. The van der Waals surface area contributed by atoms with Gasteiger partial charge in [-0.15, -0.1) is 0 Å². The third-order valence-electron chi connectivity index (χ3n) is 5.10. The minimum Gasteiger partial charge on any atom is -0.352 e. The molecule has 1 unspecified atom stereocenters. The van der Waals surface area contributed by atoms with E-state index in [1.54, 1.807) is 24.3 Å². The van der Waals surface area contributed by atoms with Gasteiger partial charge in [-0.25, -0.2) is 13.2 Å². The summed E-state index contributed by atoms with van der Waals surface area (Å²) < 4.78 is 26.8. The van der Waals surface area contributed by atoms with Gasteiger partial charge < -0.3 is 11.1 Å². The van der Waals surface area contributed by atoms with Crippen LogP contribution in [0.1, 0.15) is 41.2 Å². The number of sulfonamides is 1. The number of amides is 4. The highest BCUT2D eigenvalue weighted by Gasteiger charge is 2.27. The molecule has 0 bridgehead atoms. The maximum absolute atomic E-state index is 12.7. The number of hydrogen-bond donors (Lipinski definition) is 4. The second-order valence-corrected chi connectivity index (χ2v) is 9.77. The van der Waals surface area contributed by atoms with Crippen LogP contribution in [0.4, 0.5) is 4.79 Å². The Kier molecular flexibility index (Phi) is 7.90. The number of benzene rings is 2. The molecule has 0 radical (unpaired) electrons. The van der Waals surface area contributed by atoms with E-state index in [0.29, 0.717) is 23.7 Å². The zero-order valence-electron chi connectivity index (χ0n) is 17.6. The van der Waals surface area contributed by atoms with Gasteiger partial charge in [-0.2, -0.15) is 4.31 Å². The Morgan fingerprint density at radius 1 is 1.03 bits per heavy atom. The third-order valence-corrected chi connectivity index (χ3v) is 7.34. The molecule has 0 aromatic heterocycles. The second kappa shape index (κ2) is 10.6. The van der Waals surface area contributed by atoms with Crippen molar-refractivity contribution in [2.24, 2.45) is 5.73 Å². The zero-order valence-corrected chi connectivity index (χ0v) is 19.2. The number of primary amides is 1. The van der Waals surface area contributed by atoms with Gasteiger partial charge in [0.1, 0.15) is 0 Å². The minimum atomic E-state index is -3.69. The van der Waals surface area contributed by atoms with Crippen molar-refractivity contribution in [3.8, 4) is 0 Å². The van der Waals surface area contributed by atoms with Gasteiger partial charge in [0.15, 0.2) is 0 Å². The van der Waals surface area contributed by atoms with Crippen molar-refractivity contribution in [1.29, 1.82) is 0 Å². The maximum atomic E-state index is 12.7. The fourth-order valence-corrected chi connectivity index (χ4v) is 5.31. The van der Waals surface area contributed by atoms with E-state index in [-0.39, 0.29) is 16.9 Å². The summed E-state index contributed by atoms with van der Waals surface area (Å²) in [6.45, 7) is 0.890. The molecule has 1 fully saturated rings. The monoisotopic (exact) mass is 493 g/mol. The van der Waals surface area contributed by atoms with Crippen LogP contribution in [0, 0.1) is 0 Å². The van der Waals surface area contributed by atoms with Crippen molar-refractivity contribution < 1.29 is 22.8 Å². The molecule has 2 aromatic rings. The summed E-state index contributed by atoms with van der Waals surface area (Å²) in [5.74, 6) is -1.32. The van der Waals surface area contributed by atoms with Gasteiger partial charge in [0, 0.05) is 23.7 Å². The Bertz CT molecular complexity index is 1150. The number of hydrazine groups is 1. The molecule has 5 N–H and O–H groups in total. The van der Waals surface area contributed by atoms with Gasteiger partial charge in [-0.1, -0.05) is 35.9 Å². The summed E-state index contributed by atoms with van der Waals surface area (Å²) in [7, 11) is -3.69. The van der Waals surface area contributed by atoms with Crippen LogP contribution in [0.5, 0.6) is 0 Å². The summed E-state index contributed by atoms with van der Waals surface area (Å²) in [6, 6.07) is 10.6. The van der Waals surface area contributed by atoms with Crippen molar-refractivity contribution in [1.82, 2.24) is 20.5 Å². The molecule has 1 saturated heterocycles. The molecule has 1 heterocycles. The predicted molar refractivity (Wildman–Crippen MR) is 122 cm³/mol. The Labute approximate surface area is 196 Å². The largest absolute Gasteiger partial charge is 0.352 e. The van der Waals surface area contributed by atoms with Gasteiger partial charge in [-0.05, 0) is 42.7 Å². The van der Waals surface area contributed by atoms with E-state index in [4.69, 9.17) is 17.3 Å². The molecule has 0 spiro atoms. The number of rotatable bonds is 7. The number of nitrogens with zero attached hydrogens (tertiary/aromatic N) is 1.